The third-order valence-corrected chi connectivity index (χ3v) is 2.35. The second-order valence-corrected chi connectivity index (χ2v) is 3.81. The fourth-order valence-corrected chi connectivity index (χ4v) is 1.58. The molecule has 0 bridgehead atoms. The lowest BCUT2D eigenvalue weighted by Gasteiger charge is -1.99. The predicted molar refractivity (Wildman–Crippen MR) is 56.7 cm³/mol. The molecule has 1 N–H and O–H groups in total. The summed E-state index contributed by atoms with van der Waals surface area (Å²) in [5, 5.41) is 0. The minimum atomic E-state index is -0.254. The van der Waals surface area contributed by atoms with Crippen LogP contribution in [0.1, 0.15) is 0 Å². The maximum Gasteiger partial charge on any atom is 0.140 e. The number of hydrogen-bond acceptors (Lipinski definition) is 1. The van der Waals surface area contributed by atoms with Gasteiger partial charge in [-0.1, -0.05) is 0 Å². The summed E-state index contributed by atoms with van der Waals surface area (Å²) in [5.74, 6) is 0.311. The summed E-state index contributed by atoms with van der Waals surface area (Å²) in [6, 6.07) is 4.93. The number of aromatic amines is 1. The molecule has 0 fully saturated rings. The molecular weight excluding hydrogens is 282 g/mol. The van der Waals surface area contributed by atoms with Gasteiger partial charge >= 0.3 is 0 Å². The monoisotopic (exact) mass is 288 g/mol. The molecule has 0 saturated heterocycles. The zero-order valence-corrected chi connectivity index (χ0v) is 8.75. The third kappa shape index (κ3) is 1.72. The highest BCUT2D eigenvalue weighted by Crippen LogP contribution is 2.20. The van der Waals surface area contributed by atoms with E-state index in [4.69, 9.17) is 0 Å². The second-order valence-electron chi connectivity index (χ2n) is 2.56. The van der Waals surface area contributed by atoms with Gasteiger partial charge in [0.05, 0.1) is 5.56 Å². The fourth-order valence-electron chi connectivity index (χ4n) is 1.09. The highest BCUT2D eigenvalue weighted by atomic mass is 127. The Bertz CT molecular complexity index is 412. The Morgan fingerprint density at radius 1 is 1.38 bits per heavy atom. The second kappa shape index (κ2) is 3.45. The normalized spacial score (nSPS) is 10.3. The predicted octanol–water partition coefficient (Wildman–Crippen LogP) is 2.82. The molecule has 0 spiro atoms. The van der Waals surface area contributed by atoms with Crippen LogP contribution in [0.25, 0.3) is 11.4 Å². The molecule has 13 heavy (non-hydrogen) atoms. The van der Waals surface area contributed by atoms with Crippen LogP contribution in [0.3, 0.4) is 0 Å². The summed E-state index contributed by atoms with van der Waals surface area (Å²) in [6.45, 7) is 0. The Morgan fingerprint density at radius 3 is 2.92 bits per heavy atom. The van der Waals surface area contributed by atoms with Gasteiger partial charge in [0.1, 0.15) is 11.6 Å². The van der Waals surface area contributed by atoms with Crippen molar-refractivity contribution in [2.75, 3.05) is 0 Å². The van der Waals surface area contributed by atoms with Crippen LogP contribution in [0, 0.1) is 9.39 Å². The van der Waals surface area contributed by atoms with Crippen molar-refractivity contribution < 1.29 is 4.39 Å². The van der Waals surface area contributed by atoms with Crippen LogP contribution in [0.4, 0.5) is 4.39 Å². The largest absolute Gasteiger partial charge is 0.345 e. The van der Waals surface area contributed by atoms with E-state index in [-0.39, 0.29) is 5.82 Å². The number of rotatable bonds is 1. The van der Waals surface area contributed by atoms with Crippen LogP contribution in [-0.4, -0.2) is 9.97 Å². The summed E-state index contributed by atoms with van der Waals surface area (Å²) in [7, 11) is 0. The molecule has 1 aromatic heterocycles. The van der Waals surface area contributed by atoms with Gasteiger partial charge in [0.25, 0.3) is 0 Å². The van der Waals surface area contributed by atoms with Gasteiger partial charge in [-0.2, -0.15) is 0 Å². The van der Waals surface area contributed by atoms with Crippen molar-refractivity contribution in [1.29, 1.82) is 0 Å². The summed E-state index contributed by atoms with van der Waals surface area (Å²) < 4.78 is 14.3. The molecule has 0 radical (unpaired) electrons. The Labute approximate surface area is 88.3 Å². The molecule has 4 heteroatoms. The smallest absolute Gasteiger partial charge is 0.140 e. The number of H-pyrrole nitrogens is 1. The zero-order chi connectivity index (χ0) is 9.26. The van der Waals surface area contributed by atoms with E-state index in [1.54, 1.807) is 24.5 Å². The highest BCUT2D eigenvalue weighted by Gasteiger charge is 2.06. The van der Waals surface area contributed by atoms with E-state index in [2.05, 4.69) is 32.6 Å². The van der Waals surface area contributed by atoms with Gasteiger partial charge < -0.3 is 4.98 Å². The maximum absolute atomic E-state index is 13.3. The Balaban J connectivity index is 2.57. The summed E-state index contributed by atoms with van der Waals surface area (Å²) >= 11 is 2.14. The van der Waals surface area contributed by atoms with Crippen LogP contribution in [-0.2, 0) is 0 Å². The quantitative estimate of drug-likeness (QED) is 0.803. The van der Waals surface area contributed by atoms with Gasteiger partial charge in [0, 0.05) is 16.0 Å². The first-order valence-corrected chi connectivity index (χ1v) is 4.80. The molecule has 1 heterocycles. The highest BCUT2D eigenvalue weighted by molar-refractivity contribution is 14.1. The molecule has 66 valence electrons. The first-order valence-electron chi connectivity index (χ1n) is 3.72. The number of imidazole rings is 1. The van der Waals surface area contributed by atoms with Gasteiger partial charge in [-0.25, -0.2) is 9.37 Å². The van der Waals surface area contributed by atoms with Crippen molar-refractivity contribution in [3.8, 4) is 11.4 Å². The van der Waals surface area contributed by atoms with Gasteiger partial charge in [-0.15, -0.1) is 0 Å². The Kier molecular flexibility index (Phi) is 2.30. The number of benzene rings is 1. The Hall–Kier alpha value is -0.910. The van der Waals surface area contributed by atoms with E-state index in [0.717, 1.165) is 3.57 Å². The number of nitrogens with zero attached hydrogens (tertiary/aromatic N) is 1. The zero-order valence-electron chi connectivity index (χ0n) is 6.59. The lowest BCUT2D eigenvalue weighted by atomic mass is 10.2. The topological polar surface area (TPSA) is 28.7 Å². The van der Waals surface area contributed by atoms with Crippen molar-refractivity contribution in [2.45, 2.75) is 0 Å². The lowest BCUT2D eigenvalue weighted by molar-refractivity contribution is 0.630. The molecule has 1 aromatic carbocycles. The minimum absolute atomic E-state index is 0.254. The number of halogens is 2. The molecular formula is C9H6FIN2. The third-order valence-electron chi connectivity index (χ3n) is 1.68. The molecule has 0 amide bonds. The summed E-state index contributed by atoms with van der Waals surface area (Å²) in [6.07, 6.45) is 3.28. The molecule has 2 nitrogen and oxygen atoms in total. The summed E-state index contributed by atoms with van der Waals surface area (Å²) in [5.41, 5.74) is 0.511. The Morgan fingerprint density at radius 2 is 2.23 bits per heavy atom. The van der Waals surface area contributed by atoms with Crippen molar-refractivity contribution in [3.05, 3.63) is 40.0 Å². The number of nitrogens with one attached hydrogen (secondary N) is 1. The standard InChI is InChI=1S/C9H6FIN2/c10-8-2-1-6(11)5-7(8)9-12-3-4-13-9/h1-5H,(H,12,13). The first-order chi connectivity index (χ1) is 6.27. The van der Waals surface area contributed by atoms with E-state index in [1.807, 2.05) is 0 Å². The molecule has 0 aliphatic carbocycles. The van der Waals surface area contributed by atoms with Crippen LogP contribution >= 0.6 is 22.6 Å². The van der Waals surface area contributed by atoms with Gasteiger partial charge in [-0.05, 0) is 40.8 Å². The van der Waals surface area contributed by atoms with E-state index in [1.165, 1.54) is 6.07 Å². The van der Waals surface area contributed by atoms with Gasteiger partial charge in [0.15, 0.2) is 0 Å². The molecule has 0 atom stereocenters. The first kappa shape index (κ1) is 8.68. The minimum Gasteiger partial charge on any atom is -0.345 e. The van der Waals surface area contributed by atoms with E-state index < -0.39 is 0 Å². The van der Waals surface area contributed by atoms with E-state index >= 15 is 0 Å². The number of aromatic nitrogens is 2. The van der Waals surface area contributed by atoms with Crippen molar-refractivity contribution in [3.63, 3.8) is 0 Å². The van der Waals surface area contributed by atoms with Crippen molar-refractivity contribution in [1.82, 2.24) is 9.97 Å². The maximum atomic E-state index is 13.3. The van der Waals surface area contributed by atoms with Gasteiger partial charge in [-0.3, -0.25) is 0 Å². The SMILES string of the molecule is Fc1ccc(I)cc1-c1ncc[nH]1. The van der Waals surface area contributed by atoms with Crippen molar-refractivity contribution in [2.24, 2.45) is 0 Å². The number of hydrogen-bond donors (Lipinski definition) is 1. The molecule has 0 aliphatic heterocycles. The van der Waals surface area contributed by atoms with E-state index in [0.29, 0.717) is 11.4 Å². The average molecular weight is 288 g/mol. The van der Waals surface area contributed by atoms with Crippen LogP contribution < -0.4 is 0 Å². The van der Waals surface area contributed by atoms with Crippen LogP contribution in [0.15, 0.2) is 30.6 Å². The van der Waals surface area contributed by atoms with Crippen LogP contribution in [0.5, 0.6) is 0 Å². The van der Waals surface area contributed by atoms with Crippen molar-refractivity contribution >= 4 is 22.6 Å². The molecule has 2 rings (SSSR count). The molecule has 0 aliphatic rings. The summed E-state index contributed by atoms with van der Waals surface area (Å²) in [4.78, 5) is 6.86. The van der Waals surface area contributed by atoms with E-state index in [9.17, 15) is 4.39 Å². The molecule has 0 saturated carbocycles. The van der Waals surface area contributed by atoms with Crippen LogP contribution in [0.2, 0.25) is 0 Å². The molecule has 2 aromatic rings. The molecule has 0 unspecified atom stereocenters. The lowest BCUT2D eigenvalue weighted by Crippen LogP contribution is -1.87. The average Bonchev–Trinajstić information content (AvgIpc) is 2.61. The van der Waals surface area contributed by atoms with Gasteiger partial charge in [0.2, 0.25) is 0 Å². The fraction of sp³-hybridized carbons (Fsp3) is 0.